The van der Waals surface area contributed by atoms with Gasteiger partial charge in [0.05, 0.1) is 25.5 Å². The predicted octanol–water partition coefficient (Wildman–Crippen LogP) is 4.02. The van der Waals surface area contributed by atoms with E-state index >= 15 is 0 Å². The van der Waals surface area contributed by atoms with Gasteiger partial charge in [0, 0.05) is 30.4 Å². The second-order valence-electron chi connectivity index (χ2n) is 9.24. The molecule has 34 heavy (non-hydrogen) atoms. The van der Waals surface area contributed by atoms with E-state index in [2.05, 4.69) is 24.0 Å². The monoisotopic (exact) mass is 461 g/mol. The molecule has 178 valence electrons. The van der Waals surface area contributed by atoms with Gasteiger partial charge in [-0.2, -0.15) is 0 Å². The molecule has 7 heteroatoms. The van der Waals surface area contributed by atoms with Crippen LogP contribution in [-0.4, -0.2) is 59.9 Å². The van der Waals surface area contributed by atoms with Crippen molar-refractivity contribution in [1.82, 2.24) is 14.8 Å². The first-order valence-electron chi connectivity index (χ1n) is 12.0. The van der Waals surface area contributed by atoms with Gasteiger partial charge in [-0.3, -0.25) is 9.59 Å². The summed E-state index contributed by atoms with van der Waals surface area (Å²) in [6, 6.07) is 14.1. The van der Waals surface area contributed by atoms with Crippen LogP contribution < -0.4 is 9.47 Å². The van der Waals surface area contributed by atoms with Crippen LogP contribution in [0, 0.1) is 0 Å². The van der Waals surface area contributed by atoms with Crippen molar-refractivity contribution in [3.63, 3.8) is 0 Å². The second kappa shape index (κ2) is 8.38. The normalized spacial score (nSPS) is 22.1. The fourth-order valence-electron chi connectivity index (χ4n) is 5.42. The number of piperazine rings is 1. The van der Waals surface area contributed by atoms with Gasteiger partial charge >= 0.3 is 0 Å². The first kappa shape index (κ1) is 22.3. The summed E-state index contributed by atoms with van der Waals surface area (Å²) in [5.74, 6) is 1.18. The molecule has 2 aliphatic rings. The highest BCUT2D eigenvalue weighted by Crippen LogP contribution is 2.48. The number of fused-ring (bicyclic) bond motifs is 5. The Labute approximate surface area is 199 Å². The number of amides is 2. The molecule has 5 rings (SSSR count). The standard InChI is InChI=1S/C27H31N3O4/c1-5-13-34-21-12-11-17(14-22(21)33-6-2)19-15-30-23(31)16-29(4)26(32)27(30,3)25-24(19)18-9-7-8-10-20(18)28-25/h7-12,14,19,28H,5-6,13,15-16H2,1-4H3/t19?,27-/m0/s1. The molecular weight excluding hydrogens is 430 g/mol. The highest BCUT2D eigenvalue weighted by molar-refractivity contribution is 6.01. The Morgan fingerprint density at radius 2 is 1.88 bits per heavy atom. The summed E-state index contributed by atoms with van der Waals surface area (Å²) in [4.78, 5) is 33.5. The third kappa shape index (κ3) is 3.25. The average Bonchev–Trinajstić information content (AvgIpc) is 3.23. The number of hydrogen-bond acceptors (Lipinski definition) is 4. The van der Waals surface area contributed by atoms with Gasteiger partial charge in [0.2, 0.25) is 5.91 Å². The van der Waals surface area contributed by atoms with E-state index in [4.69, 9.17) is 9.47 Å². The fourth-order valence-corrected chi connectivity index (χ4v) is 5.42. The number of H-pyrrole nitrogens is 1. The van der Waals surface area contributed by atoms with Crippen LogP contribution in [-0.2, 0) is 15.1 Å². The summed E-state index contributed by atoms with van der Waals surface area (Å²) < 4.78 is 11.8. The topological polar surface area (TPSA) is 74.9 Å². The van der Waals surface area contributed by atoms with Crippen LogP contribution >= 0.6 is 0 Å². The van der Waals surface area contributed by atoms with Crippen molar-refractivity contribution < 1.29 is 19.1 Å². The Kier molecular flexibility index (Phi) is 5.50. The highest BCUT2D eigenvalue weighted by atomic mass is 16.5. The summed E-state index contributed by atoms with van der Waals surface area (Å²) in [7, 11) is 1.70. The Bertz CT molecular complexity index is 1270. The maximum atomic E-state index is 13.5. The lowest BCUT2D eigenvalue weighted by molar-refractivity contribution is -0.164. The Morgan fingerprint density at radius 1 is 1.09 bits per heavy atom. The lowest BCUT2D eigenvalue weighted by Gasteiger charge is -2.50. The Morgan fingerprint density at radius 3 is 2.65 bits per heavy atom. The number of carbonyl (C=O) groups is 2. The highest BCUT2D eigenvalue weighted by Gasteiger charge is 2.55. The largest absolute Gasteiger partial charge is 0.490 e. The number of para-hydroxylation sites is 1. The van der Waals surface area contributed by atoms with E-state index in [1.54, 1.807) is 11.9 Å². The lowest BCUT2D eigenvalue weighted by atomic mass is 9.76. The number of aromatic amines is 1. The van der Waals surface area contributed by atoms with Crippen molar-refractivity contribution in [3.05, 3.63) is 59.3 Å². The number of rotatable bonds is 6. The van der Waals surface area contributed by atoms with Gasteiger partial charge in [0.25, 0.3) is 5.91 Å². The third-order valence-corrected chi connectivity index (χ3v) is 7.05. The van der Waals surface area contributed by atoms with Crippen LogP contribution in [0.1, 0.15) is 49.9 Å². The molecule has 1 aromatic heterocycles. The minimum atomic E-state index is -1.07. The molecule has 3 aromatic rings. The zero-order valence-corrected chi connectivity index (χ0v) is 20.2. The minimum absolute atomic E-state index is 0.0492. The van der Waals surface area contributed by atoms with E-state index in [0.717, 1.165) is 39.9 Å². The minimum Gasteiger partial charge on any atom is -0.490 e. The predicted molar refractivity (Wildman–Crippen MR) is 130 cm³/mol. The van der Waals surface area contributed by atoms with Crippen LogP contribution in [0.15, 0.2) is 42.5 Å². The zero-order valence-electron chi connectivity index (χ0n) is 20.2. The molecule has 0 radical (unpaired) electrons. The number of aromatic nitrogens is 1. The Balaban J connectivity index is 1.70. The van der Waals surface area contributed by atoms with Gasteiger partial charge < -0.3 is 24.3 Å². The first-order chi connectivity index (χ1) is 16.4. The Hall–Kier alpha value is -3.48. The summed E-state index contributed by atoms with van der Waals surface area (Å²) in [5, 5.41) is 1.07. The molecular formula is C27H31N3O4. The van der Waals surface area contributed by atoms with Gasteiger partial charge in [-0.25, -0.2) is 0 Å². The molecule has 0 bridgehead atoms. The number of hydrogen-bond donors (Lipinski definition) is 1. The van der Waals surface area contributed by atoms with E-state index < -0.39 is 5.54 Å². The molecule has 7 nitrogen and oxygen atoms in total. The number of carbonyl (C=O) groups excluding carboxylic acids is 2. The lowest BCUT2D eigenvalue weighted by Crippen LogP contribution is -2.66. The quantitative estimate of drug-likeness (QED) is 0.602. The van der Waals surface area contributed by atoms with E-state index in [1.165, 1.54) is 4.90 Å². The smallest absolute Gasteiger partial charge is 0.254 e. The van der Waals surface area contributed by atoms with Crippen molar-refractivity contribution in [2.24, 2.45) is 0 Å². The number of nitrogens with one attached hydrogen (secondary N) is 1. The number of ether oxygens (including phenoxy) is 2. The van der Waals surface area contributed by atoms with E-state index in [0.29, 0.717) is 25.5 Å². The van der Waals surface area contributed by atoms with Crippen molar-refractivity contribution in [2.75, 3.05) is 33.4 Å². The van der Waals surface area contributed by atoms with Crippen molar-refractivity contribution in [3.8, 4) is 11.5 Å². The molecule has 3 heterocycles. The molecule has 1 fully saturated rings. The third-order valence-electron chi connectivity index (χ3n) is 7.05. The summed E-state index contributed by atoms with van der Waals surface area (Å²) >= 11 is 0. The van der Waals surface area contributed by atoms with Gasteiger partial charge in [-0.05, 0) is 49.6 Å². The van der Waals surface area contributed by atoms with Crippen LogP contribution in [0.25, 0.3) is 10.9 Å². The molecule has 2 amide bonds. The molecule has 0 aliphatic carbocycles. The van der Waals surface area contributed by atoms with E-state index in [-0.39, 0.29) is 24.3 Å². The molecule has 1 N–H and O–H groups in total. The second-order valence-corrected chi connectivity index (χ2v) is 9.24. The van der Waals surface area contributed by atoms with Crippen molar-refractivity contribution in [2.45, 2.75) is 38.6 Å². The SMILES string of the molecule is CCCOc1ccc(C2CN3C(=O)CN(C)C(=O)[C@]3(C)c3[nH]c4ccccc4c32)cc1OCC. The van der Waals surface area contributed by atoms with Gasteiger partial charge in [-0.1, -0.05) is 31.2 Å². The molecule has 0 saturated carbocycles. The maximum Gasteiger partial charge on any atom is 0.254 e. The van der Waals surface area contributed by atoms with Crippen molar-refractivity contribution >= 4 is 22.7 Å². The van der Waals surface area contributed by atoms with E-state index in [1.807, 2.05) is 44.2 Å². The van der Waals surface area contributed by atoms with Crippen LogP contribution in [0.3, 0.4) is 0 Å². The van der Waals surface area contributed by atoms with Crippen LogP contribution in [0.4, 0.5) is 0 Å². The average molecular weight is 462 g/mol. The number of benzene rings is 2. The van der Waals surface area contributed by atoms with Crippen molar-refractivity contribution in [1.29, 1.82) is 0 Å². The van der Waals surface area contributed by atoms with Gasteiger partial charge in [-0.15, -0.1) is 0 Å². The molecule has 2 aromatic carbocycles. The molecule has 0 spiro atoms. The molecule has 1 saturated heterocycles. The van der Waals surface area contributed by atoms with Crippen LogP contribution in [0.5, 0.6) is 11.5 Å². The maximum absolute atomic E-state index is 13.5. The van der Waals surface area contributed by atoms with Gasteiger partial charge in [0.1, 0.15) is 0 Å². The zero-order chi connectivity index (χ0) is 24.0. The molecule has 2 aliphatic heterocycles. The molecule has 1 unspecified atom stereocenters. The number of likely N-dealkylation sites (N-methyl/N-ethyl adjacent to an activating group) is 1. The fraction of sp³-hybridized carbons (Fsp3) is 0.407. The number of nitrogens with zero attached hydrogens (tertiary/aromatic N) is 2. The summed E-state index contributed by atoms with van der Waals surface area (Å²) in [6.45, 7) is 7.54. The van der Waals surface area contributed by atoms with Gasteiger partial charge in [0.15, 0.2) is 17.0 Å². The van der Waals surface area contributed by atoms with Crippen LogP contribution in [0.2, 0.25) is 0 Å². The summed E-state index contributed by atoms with van der Waals surface area (Å²) in [6.07, 6.45) is 0.909. The van der Waals surface area contributed by atoms with E-state index in [9.17, 15) is 9.59 Å². The molecule has 2 atom stereocenters. The first-order valence-corrected chi connectivity index (χ1v) is 12.0. The summed E-state index contributed by atoms with van der Waals surface area (Å²) in [5.41, 5.74) is 2.78.